The highest BCUT2D eigenvalue weighted by molar-refractivity contribution is 5.92. The summed E-state index contributed by atoms with van der Waals surface area (Å²) >= 11 is 0. The first-order chi connectivity index (χ1) is 9.20. The van der Waals surface area contributed by atoms with E-state index in [1.54, 1.807) is 0 Å². The highest BCUT2D eigenvalue weighted by atomic mass is 19.4. The standard InChI is InChI=1S/C12H15F3N2O3/c1-16(6-3-5-10(18)19)11(20)9-4-2-7-17(9)8-12(13,14)15/h2,4,7H,3,5-6,8H2,1H3,(H,18,19). The number of carbonyl (C=O) groups excluding carboxylic acids is 1. The van der Waals surface area contributed by atoms with Crippen molar-refractivity contribution in [3.63, 3.8) is 0 Å². The summed E-state index contributed by atoms with van der Waals surface area (Å²) in [5, 5.41) is 8.49. The minimum atomic E-state index is -4.41. The van der Waals surface area contributed by atoms with Gasteiger partial charge in [0.1, 0.15) is 12.2 Å². The summed E-state index contributed by atoms with van der Waals surface area (Å²) in [7, 11) is 1.43. The zero-order chi connectivity index (χ0) is 15.3. The Kier molecular flexibility index (Phi) is 5.18. The molecule has 0 saturated carbocycles. The molecule has 20 heavy (non-hydrogen) atoms. The fourth-order valence-electron chi connectivity index (χ4n) is 1.70. The van der Waals surface area contributed by atoms with Crippen LogP contribution in [-0.4, -0.2) is 46.2 Å². The number of alkyl halides is 3. The molecule has 1 rings (SSSR count). The molecule has 0 bridgehead atoms. The van der Waals surface area contributed by atoms with Crippen LogP contribution in [-0.2, 0) is 11.3 Å². The summed E-state index contributed by atoms with van der Waals surface area (Å²) in [5.74, 6) is -1.55. The number of rotatable bonds is 6. The molecule has 0 radical (unpaired) electrons. The summed E-state index contributed by atoms with van der Waals surface area (Å²) in [4.78, 5) is 23.5. The molecule has 1 heterocycles. The van der Waals surface area contributed by atoms with Crippen LogP contribution in [0.15, 0.2) is 18.3 Å². The largest absolute Gasteiger partial charge is 0.481 e. The number of nitrogens with zero attached hydrogens (tertiary/aromatic N) is 2. The molecule has 1 aromatic heterocycles. The average molecular weight is 292 g/mol. The Morgan fingerprint density at radius 2 is 2.05 bits per heavy atom. The van der Waals surface area contributed by atoms with Crippen LogP contribution in [0.5, 0.6) is 0 Å². The third-order valence-electron chi connectivity index (χ3n) is 2.63. The zero-order valence-corrected chi connectivity index (χ0v) is 10.9. The third-order valence-corrected chi connectivity index (χ3v) is 2.63. The number of aromatic nitrogens is 1. The maximum atomic E-state index is 12.3. The molecule has 0 atom stereocenters. The van der Waals surface area contributed by atoms with E-state index >= 15 is 0 Å². The summed E-state index contributed by atoms with van der Waals surface area (Å²) in [6.45, 7) is -1.06. The number of hydrogen-bond acceptors (Lipinski definition) is 2. The van der Waals surface area contributed by atoms with Gasteiger partial charge in [0.15, 0.2) is 0 Å². The van der Waals surface area contributed by atoms with E-state index in [-0.39, 0.29) is 25.1 Å². The lowest BCUT2D eigenvalue weighted by Gasteiger charge is -2.18. The monoisotopic (exact) mass is 292 g/mol. The van der Waals surface area contributed by atoms with E-state index in [2.05, 4.69) is 0 Å². The molecule has 112 valence electrons. The van der Waals surface area contributed by atoms with Crippen molar-refractivity contribution in [2.45, 2.75) is 25.6 Å². The van der Waals surface area contributed by atoms with Crippen molar-refractivity contribution in [3.8, 4) is 0 Å². The van der Waals surface area contributed by atoms with Crippen molar-refractivity contribution in [2.24, 2.45) is 0 Å². The van der Waals surface area contributed by atoms with Gasteiger partial charge in [-0.1, -0.05) is 0 Å². The Hall–Kier alpha value is -1.99. The number of halogens is 3. The van der Waals surface area contributed by atoms with Crippen molar-refractivity contribution >= 4 is 11.9 Å². The van der Waals surface area contributed by atoms with Gasteiger partial charge in [-0.2, -0.15) is 13.2 Å². The number of amides is 1. The molecule has 0 aromatic carbocycles. The molecule has 0 aliphatic rings. The van der Waals surface area contributed by atoms with Crippen LogP contribution >= 0.6 is 0 Å². The fourth-order valence-corrected chi connectivity index (χ4v) is 1.70. The maximum Gasteiger partial charge on any atom is 0.406 e. The molecule has 1 amide bonds. The molecule has 0 fully saturated rings. The van der Waals surface area contributed by atoms with Gasteiger partial charge in [-0.05, 0) is 18.6 Å². The summed E-state index contributed by atoms with van der Waals surface area (Å²) < 4.78 is 37.9. The van der Waals surface area contributed by atoms with Gasteiger partial charge in [-0.25, -0.2) is 0 Å². The highest BCUT2D eigenvalue weighted by Crippen LogP contribution is 2.19. The number of aliphatic carboxylic acids is 1. The Balaban J connectivity index is 2.67. The smallest absolute Gasteiger partial charge is 0.406 e. The van der Waals surface area contributed by atoms with Gasteiger partial charge in [0.05, 0.1) is 0 Å². The first-order valence-corrected chi connectivity index (χ1v) is 5.90. The number of hydrogen-bond donors (Lipinski definition) is 1. The lowest BCUT2D eigenvalue weighted by Crippen LogP contribution is -2.31. The molecule has 0 spiro atoms. The predicted molar refractivity (Wildman–Crippen MR) is 64.3 cm³/mol. The molecular weight excluding hydrogens is 277 g/mol. The Labute approximate surface area is 113 Å². The molecule has 5 nitrogen and oxygen atoms in total. The van der Waals surface area contributed by atoms with Crippen LogP contribution in [0, 0.1) is 0 Å². The number of carboxylic acids is 1. The van der Waals surface area contributed by atoms with E-state index in [4.69, 9.17) is 5.11 Å². The SMILES string of the molecule is CN(CCCC(=O)O)C(=O)c1cccn1CC(F)(F)F. The second-order valence-electron chi connectivity index (χ2n) is 4.36. The van der Waals surface area contributed by atoms with Gasteiger partial charge in [0, 0.05) is 26.2 Å². The normalized spacial score (nSPS) is 11.4. The molecule has 1 aromatic rings. The van der Waals surface area contributed by atoms with Gasteiger partial charge < -0.3 is 14.6 Å². The van der Waals surface area contributed by atoms with Crippen molar-refractivity contribution in [1.82, 2.24) is 9.47 Å². The van der Waals surface area contributed by atoms with Gasteiger partial charge in [-0.3, -0.25) is 9.59 Å². The molecule has 8 heteroatoms. The van der Waals surface area contributed by atoms with Gasteiger partial charge in [0.2, 0.25) is 0 Å². The van der Waals surface area contributed by atoms with Crippen molar-refractivity contribution in [3.05, 3.63) is 24.0 Å². The average Bonchev–Trinajstić information content (AvgIpc) is 2.72. The van der Waals surface area contributed by atoms with E-state index in [0.29, 0.717) is 0 Å². The molecule has 0 saturated heterocycles. The quantitative estimate of drug-likeness (QED) is 0.872. The van der Waals surface area contributed by atoms with Crippen LogP contribution in [0.2, 0.25) is 0 Å². The van der Waals surface area contributed by atoms with Crippen LogP contribution in [0.3, 0.4) is 0 Å². The van der Waals surface area contributed by atoms with Crippen molar-refractivity contribution < 1.29 is 27.9 Å². The zero-order valence-electron chi connectivity index (χ0n) is 10.9. The van der Waals surface area contributed by atoms with E-state index < -0.39 is 24.6 Å². The van der Waals surface area contributed by atoms with Gasteiger partial charge in [-0.15, -0.1) is 0 Å². The Morgan fingerprint density at radius 1 is 1.40 bits per heavy atom. The van der Waals surface area contributed by atoms with Crippen LogP contribution in [0.25, 0.3) is 0 Å². The lowest BCUT2D eigenvalue weighted by atomic mass is 10.3. The third kappa shape index (κ3) is 4.94. The molecule has 0 aliphatic carbocycles. The van der Waals surface area contributed by atoms with E-state index in [1.165, 1.54) is 30.3 Å². The highest BCUT2D eigenvalue weighted by Gasteiger charge is 2.29. The first kappa shape index (κ1) is 16.1. The Bertz CT molecular complexity index is 483. The molecular formula is C12H15F3N2O3. The summed E-state index contributed by atoms with van der Waals surface area (Å²) in [6, 6.07) is 2.67. The summed E-state index contributed by atoms with van der Waals surface area (Å²) in [6.07, 6.45) is -3.07. The first-order valence-electron chi connectivity index (χ1n) is 5.90. The maximum absolute atomic E-state index is 12.3. The topological polar surface area (TPSA) is 62.5 Å². The van der Waals surface area contributed by atoms with Gasteiger partial charge >= 0.3 is 12.1 Å². The summed E-state index contributed by atoms with van der Waals surface area (Å²) in [5.41, 5.74) is -0.0693. The second-order valence-corrected chi connectivity index (χ2v) is 4.36. The van der Waals surface area contributed by atoms with E-state index in [1.807, 2.05) is 0 Å². The van der Waals surface area contributed by atoms with Crippen molar-refractivity contribution in [1.29, 1.82) is 0 Å². The van der Waals surface area contributed by atoms with E-state index in [9.17, 15) is 22.8 Å². The lowest BCUT2D eigenvalue weighted by molar-refractivity contribution is -0.141. The van der Waals surface area contributed by atoms with Crippen molar-refractivity contribution in [2.75, 3.05) is 13.6 Å². The minimum absolute atomic E-state index is 0.0693. The van der Waals surface area contributed by atoms with Crippen LogP contribution < -0.4 is 0 Å². The van der Waals surface area contributed by atoms with Gasteiger partial charge in [0.25, 0.3) is 5.91 Å². The number of carboxylic acid groups (broad SMARTS) is 1. The number of carbonyl (C=O) groups is 2. The van der Waals surface area contributed by atoms with Crippen LogP contribution in [0.1, 0.15) is 23.3 Å². The predicted octanol–water partition coefficient (Wildman–Crippen LogP) is 1.99. The molecule has 1 N–H and O–H groups in total. The molecule has 0 aliphatic heterocycles. The van der Waals surface area contributed by atoms with Crippen LogP contribution in [0.4, 0.5) is 13.2 Å². The Morgan fingerprint density at radius 3 is 2.60 bits per heavy atom. The second kappa shape index (κ2) is 6.44. The van der Waals surface area contributed by atoms with E-state index in [0.717, 1.165) is 4.57 Å². The minimum Gasteiger partial charge on any atom is -0.481 e. The fraction of sp³-hybridized carbons (Fsp3) is 0.500. The molecule has 0 unspecified atom stereocenters.